The zero-order chi connectivity index (χ0) is 20.0. The molecule has 0 bridgehead atoms. The van der Waals surface area contributed by atoms with Crippen molar-refractivity contribution in [3.8, 4) is 11.3 Å². The van der Waals surface area contributed by atoms with E-state index in [0.29, 0.717) is 18.0 Å². The van der Waals surface area contributed by atoms with E-state index in [1.54, 1.807) is 6.07 Å². The Balaban J connectivity index is 1.84. The average molecular weight is 389 g/mol. The van der Waals surface area contributed by atoms with Crippen molar-refractivity contribution in [2.75, 3.05) is 6.61 Å². The van der Waals surface area contributed by atoms with E-state index in [1.165, 1.54) is 59.9 Å². The number of fused-ring (bicyclic) bond motifs is 5. The minimum Gasteiger partial charge on any atom is -0.478 e. The predicted octanol–water partition coefficient (Wildman–Crippen LogP) is 5.22. The molecule has 1 fully saturated rings. The normalized spacial score (nSPS) is 19.6. The lowest BCUT2D eigenvalue weighted by Crippen LogP contribution is -2.15. The van der Waals surface area contributed by atoms with Gasteiger partial charge in [-0.05, 0) is 48.4 Å². The largest absolute Gasteiger partial charge is 0.478 e. The number of hydrogen-bond acceptors (Lipinski definition) is 2. The molecule has 0 saturated heterocycles. The van der Waals surface area contributed by atoms with Crippen molar-refractivity contribution in [2.24, 2.45) is 5.92 Å². The zero-order valence-electron chi connectivity index (χ0n) is 16.6. The van der Waals surface area contributed by atoms with Gasteiger partial charge in [-0.1, -0.05) is 49.6 Å². The van der Waals surface area contributed by atoms with Crippen molar-refractivity contribution in [3.05, 3.63) is 59.2 Å². The van der Waals surface area contributed by atoms with Crippen LogP contribution in [-0.2, 0) is 13.0 Å². The van der Waals surface area contributed by atoms with Gasteiger partial charge >= 0.3 is 5.97 Å². The van der Waals surface area contributed by atoms with Gasteiger partial charge in [-0.2, -0.15) is 0 Å². The fraction of sp³-hybridized carbons (Fsp3) is 0.400. The summed E-state index contributed by atoms with van der Waals surface area (Å²) in [7, 11) is 0. The Labute approximate surface area is 170 Å². The van der Waals surface area contributed by atoms with Gasteiger partial charge in [0, 0.05) is 35.5 Å². The Morgan fingerprint density at radius 1 is 1.07 bits per heavy atom. The summed E-state index contributed by atoms with van der Waals surface area (Å²) in [5, 5.41) is 20.8. The van der Waals surface area contributed by atoms with Crippen LogP contribution in [0.15, 0.2) is 42.5 Å². The van der Waals surface area contributed by atoms with Gasteiger partial charge in [-0.3, -0.25) is 0 Å². The summed E-state index contributed by atoms with van der Waals surface area (Å²) in [6.07, 6.45) is 7.04. The van der Waals surface area contributed by atoms with Crippen molar-refractivity contribution in [1.82, 2.24) is 4.57 Å². The zero-order valence-corrected chi connectivity index (χ0v) is 16.6. The van der Waals surface area contributed by atoms with E-state index in [1.807, 2.05) is 12.1 Å². The molecule has 0 spiro atoms. The van der Waals surface area contributed by atoms with Crippen LogP contribution in [0.3, 0.4) is 0 Å². The van der Waals surface area contributed by atoms with Gasteiger partial charge in [-0.15, -0.1) is 0 Å². The van der Waals surface area contributed by atoms with E-state index in [4.69, 9.17) is 0 Å². The van der Waals surface area contributed by atoms with Crippen LogP contribution < -0.4 is 0 Å². The van der Waals surface area contributed by atoms with Gasteiger partial charge in [0.05, 0.1) is 11.3 Å². The molecular formula is C25H27NO3. The Morgan fingerprint density at radius 3 is 2.62 bits per heavy atom. The van der Waals surface area contributed by atoms with E-state index in [0.717, 1.165) is 11.9 Å². The van der Waals surface area contributed by atoms with Crippen molar-refractivity contribution >= 4 is 16.9 Å². The summed E-state index contributed by atoms with van der Waals surface area (Å²) >= 11 is 0. The highest BCUT2D eigenvalue weighted by Crippen LogP contribution is 2.46. The molecule has 2 N–H and O–H groups in total. The number of aliphatic hydroxyl groups is 1. The summed E-state index contributed by atoms with van der Waals surface area (Å²) in [5.74, 6) is -0.257. The number of carbonyl (C=O) groups is 1. The Kier molecular flexibility index (Phi) is 4.67. The summed E-state index contributed by atoms with van der Waals surface area (Å²) in [6.45, 7) is 0.845. The molecule has 1 aromatic heterocycles. The number of aliphatic hydroxyl groups excluding tert-OH is 1. The first-order valence-corrected chi connectivity index (χ1v) is 10.8. The van der Waals surface area contributed by atoms with Gasteiger partial charge in [0.15, 0.2) is 0 Å². The number of nitrogens with zero attached hydrogens (tertiary/aromatic N) is 1. The highest BCUT2D eigenvalue weighted by molar-refractivity contribution is 5.98. The average Bonchev–Trinajstić information content (AvgIpc) is 2.97. The molecule has 2 aliphatic rings. The van der Waals surface area contributed by atoms with Gasteiger partial charge in [0.25, 0.3) is 0 Å². The molecule has 2 aromatic carbocycles. The molecular weight excluding hydrogens is 362 g/mol. The van der Waals surface area contributed by atoms with Crippen LogP contribution in [0.1, 0.15) is 59.5 Å². The van der Waals surface area contributed by atoms with Crippen LogP contribution in [0, 0.1) is 5.92 Å². The smallest absolute Gasteiger partial charge is 0.335 e. The number of rotatable bonds is 3. The molecule has 1 unspecified atom stereocenters. The van der Waals surface area contributed by atoms with E-state index in [-0.39, 0.29) is 12.5 Å². The van der Waals surface area contributed by atoms with Gasteiger partial charge in [-0.25, -0.2) is 4.79 Å². The fourth-order valence-corrected chi connectivity index (χ4v) is 5.48. The van der Waals surface area contributed by atoms with Gasteiger partial charge < -0.3 is 14.8 Å². The highest BCUT2D eigenvalue weighted by Gasteiger charge is 2.30. The predicted molar refractivity (Wildman–Crippen MR) is 114 cm³/mol. The standard InChI is InChI=1S/C25H27NO3/c27-15-16-12-18-8-4-5-9-20(18)24-23(17-6-2-1-3-7-17)21-11-10-19(25(28)29)13-22(21)26(24)14-16/h4-5,8-11,13,16-17,27H,1-3,6-7,12,14-15H2,(H,28,29). The lowest BCUT2D eigenvalue weighted by Gasteiger charge is -2.24. The number of carboxylic acid groups (broad SMARTS) is 1. The van der Waals surface area contributed by atoms with Crippen molar-refractivity contribution in [2.45, 2.75) is 51.0 Å². The molecule has 3 aromatic rings. The van der Waals surface area contributed by atoms with Gasteiger partial charge in [0.2, 0.25) is 0 Å². The number of aromatic carboxylic acids is 1. The molecule has 1 aliphatic heterocycles. The highest BCUT2D eigenvalue weighted by atomic mass is 16.4. The first kappa shape index (κ1) is 18.4. The Hall–Kier alpha value is -2.59. The Bertz CT molecular complexity index is 1080. The topological polar surface area (TPSA) is 62.5 Å². The third kappa shape index (κ3) is 3.06. The molecule has 1 saturated carbocycles. The molecule has 4 nitrogen and oxygen atoms in total. The van der Waals surface area contributed by atoms with Crippen LogP contribution in [0.25, 0.3) is 22.2 Å². The SMILES string of the molecule is O=C(O)c1ccc2c(C3CCCCC3)c3n(c2c1)CC(CO)Cc1ccccc1-3. The van der Waals surface area contributed by atoms with Crippen molar-refractivity contribution in [1.29, 1.82) is 0 Å². The number of carboxylic acids is 1. The summed E-state index contributed by atoms with van der Waals surface area (Å²) in [4.78, 5) is 11.7. The van der Waals surface area contributed by atoms with Crippen LogP contribution in [0.2, 0.25) is 0 Å². The van der Waals surface area contributed by atoms with Crippen LogP contribution in [-0.4, -0.2) is 27.4 Å². The van der Waals surface area contributed by atoms with Gasteiger partial charge in [0.1, 0.15) is 0 Å². The maximum Gasteiger partial charge on any atom is 0.335 e. The lowest BCUT2D eigenvalue weighted by atomic mass is 9.81. The minimum absolute atomic E-state index is 0.126. The molecule has 4 heteroatoms. The maximum atomic E-state index is 11.7. The molecule has 2 heterocycles. The summed E-state index contributed by atoms with van der Waals surface area (Å²) < 4.78 is 2.30. The monoisotopic (exact) mass is 389 g/mol. The van der Waals surface area contributed by atoms with Crippen LogP contribution in [0.4, 0.5) is 0 Å². The second-order valence-electron chi connectivity index (χ2n) is 8.65. The van der Waals surface area contributed by atoms with E-state index < -0.39 is 5.97 Å². The van der Waals surface area contributed by atoms with E-state index in [2.05, 4.69) is 28.8 Å². The van der Waals surface area contributed by atoms with Crippen LogP contribution in [0.5, 0.6) is 0 Å². The minimum atomic E-state index is -0.894. The number of benzene rings is 2. The fourth-order valence-electron chi connectivity index (χ4n) is 5.48. The second kappa shape index (κ2) is 7.34. The summed E-state index contributed by atoms with van der Waals surface area (Å²) in [6, 6.07) is 14.1. The number of hydrogen-bond donors (Lipinski definition) is 2. The quantitative estimate of drug-likeness (QED) is 0.646. The molecule has 5 rings (SSSR count). The van der Waals surface area contributed by atoms with Crippen LogP contribution >= 0.6 is 0 Å². The summed E-state index contributed by atoms with van der Waals surface area (Å²) in [5.41, 5.74) is 6.49. The molecule has 29 heavy (non-hydrogen) atoms. The molecule has 1 aliphatic carbocycles. The van der Waals surface area contributed by atoms with Crippen molar-refractivity contribution in [3.63, 3.8) is 0 Å². The lowest BCUT2D eigenvalue weighted by molar-refractivity contribution is 0.0697. The first-order chi connectivity index (χ1) is 14.2. The molecule has 1 atom stereocenters. The first-order valence-electron chi connectivity index (χ1n) is 10.8. The second-order valence-corrected chi connectivity index (χ2v) is 8.65. The molecule has 0 radical (unpaired) electrons. The van der Waals surface area contributed by atoms with E-state index >= 15 is 0 Å². The van der Waals surface area contributed by atoms with E-state index in [9.17, 15) is 15.0 Å². The maximum absolute atomic E-state index is 11.7. The molecule has 0 amide bonds. The Morgan fingerprint density at radius 2 is 1.86 bits per heavy atom. The third-order valence-electron chi connectivity index (χ3n) is 6.84. The van der Waals surface area contributed by atoms with Crippen molar-refractivity contribution < 1.29 is 15.0 Å². The third-order valence-corrected chi connectivity index (χ3v) is 6.84. The molecule has 150 valence electrons. The number of aromatic nitrogens is 1.